The lowest BCUT2D eigenvalue weighted by Gasteiger charge is -2.40. The van der Waals surface area contributed by atoms with Crippen LogP contribution in [0.4, 0.5) is 0 Å². The monoisotopic (exact) mass is 411 g/mol. The Morgan fingerprint density at radius 2 is 2.03 bits per heavy atom. The van der Waals surface area contributed by atoms with Gasteiger partial charge in [-0.1, -0.05) is 12.1 Å². The molecule has 3 amide bonds. The molecule has 158 valence electrons. The lowest BCUT2D eigenvalue weighted by Crippen LogP contribution is -2.55. The number of hydrogen-bond donors (Lipinski definition) is 1. The summed E-state index contributed by atoms with van der Waals surface area (Å²) in [5.41, 5.74) is 1.86. The van der Waals surface area contributed by atoms with Gasteiger partial charge in [-0.15, -0.1) is 0 Å². The zero-order valence-electron chi connectivity index (χ0n) is 17.3. The van der Waals surface area contributed by atoms with Crippen molar-refractivity contribution < 1.29 is 19.1 Å². The van der Waals surface area contributed by atoms with E-state index in [0.29, 0.717) is 36.6 Å². The van der Waals surface area contributed by atoms with Gasteiger partial charge >= 0.3 is 0 Å². The van der Waals surface area contributed by atoms with Crippen molar-refractivity contribution in [1.29, 1.82) is 0 Å². The van der Waals surface area contributed by atoms with Gasteiger partial charge in [-0.25, -0.2) is 0 Å². The van der Waals surface area contributed by atoms with Crippen LogP contribution in [0.2, 0.25) is 0 Å². The van der Waals surface area contributed by atoms with Crippen LogP contribution >= 0.6 is 0 Å². The molecule has 3 heterocycles. The molecule has 0 bridgehead atoms. The molecule has 2 saturated heterocycles. The number of nitrogens with one attached hydrogen (secondary N) is 1. The highest BCUT2D eigenvalue weighted by molar-refractivity contribution is 5.94. The van der Waals surface area contributed by atoms with Crippen molar-refractivity contribution in [2.24, 2.45) is 5.92 Å². The molecule has 2 aliphatic rings. The molecule has 0 aliphatic carbocycles. The van der Waals surface area contributed by atoms with E-state index >= 15 is 0 Å². The van der Waals surface area contributed by atoms with Crippen molar-refractivity contribution >= 4 is 17.7 Å². The number of aromatic nitrogens is 2. The Morgan fingerprint density at radius 3 is 2.80 bits per heavy atom. The minimum Gasteiger partial charge on any atom is -0.497 e. The molecule has 1 aromatic heterocycles. The summed E-state index contributed by atoms with van der Waals surface area (Å²) in [4.78, 5) is 42.9. The second kappa shape index (κ2) is 7.81. The number of fused-ring (bicyclic) bond motifs is 1. The van der Waals surface area contributed by atoms with Crippen LogP contribution in [0.15, 0.2) is 30.3 Å². The number of methoxy groups -OCH3 is 1. The Kier molecular flexibility index (Phi) is 5.19. The van der Waals surface area contributed by atoms with E-state index in [4.69, 9.17) is 4.74 Å². The number of amides is 3. The van der Waals surface area contributed by atoms with Crippen LogP contribution < -0.4 is 4.74 Å². The van der Waals surface area contributed by atoms with E-state index in [-0.39, 0.29) is 36.2 Å². The van der Waals surface area contributed by atoms with Crippen LogP contribution in [0.5, 0.6) is 5.75 Å². The first kappa shape index (κ1) is 19.9. The SMILES string of the molecule is COc1cccc(-c2cc(C(=O)N3CC[C@@H]4C(=O)N(C)CC(=O)N(C)[C@@H]4C3)[nH]n2)c1. The summed E-state index contributed by atoms with van der Waals surface area (Å²) in [6.45, 7) is 0.842. The predicted octanol–water partition coefficient (Wildman–Crippen LogP) is 0.846. The molecule has 1 aromatic carbocycles. The van der Waals surface area contributed by atoms with E-state index < -0.39 is 0 Å². The van der Waals surface area contributed by atoms with Gasteiger partial charge in [-0.05, 0) is 24.6 Å². The third-order valence-electron chi connectivity index (χ3n) is 6.00. The van der Waals surface area contributed by atoms with Gasteiger partial charge in [0.2, 0.25) is 11.8 Å². The summed E-state index contributed by atoms with van der Waals surface area (Å²) in [6.07, 6.45) is 0.522. The molecule has 0 saturated carbocycles. The van der Waals surface area contributed by atoms with Crippen molar-refractivity contribution in [3.05, 3.63) is 36.0 Å². The fourth-order valence-corrected chi connectivity index (χ4v) is 4.19. The van der Waals surface area contributed by atoms with Gasteiger partial charge in [0.25, 0.3) is 5.91 Å². The van der Waals surface area contributed by atoms with Crippen LogP contribution in [0.3, 0.4) is 0 Å². The van der Waals surface area contributed by atoms with E-state index in [1.54, 1.807) is 37.1 Å². The van der Waals surface area contributed by atoms with Crippen LogP contribution in [-0.2, 0) is 9.59 Å². The van der Waals surface area contributed by atoms with Crippen molar-refractivity contribution in [2.75, 3.05) is 40.8 Å². The fourth-order valence-electron chi connectivity index (χ4n) is 4.19. The van der Waals surface area contributed by atoms with Crippen molar-refractivity contribution in [3.63, 3.8) is 0 Å². The van der Waals surface area contributed by atoms with Crippen molar-refractivity contribution in [2.45, 2.75) is 12.5 Å². The minimum absolute atomic E-state index is 0.0355. The van der Waals surface area contributed by atoms with Crippen LogP contribution in [0.1, 0.15) is 16.9 Å². The summed E-state index contributed by atoms with van der Waals surface area (Å²) in [5.74, 6) is 0.0768. The summed E-state index contributed by atoms with van der Waals surface area (Å²) < 4.78 is 5.24. The maximum Gasteiger partial charge on any atom is 0.271 e. The zero-order valence-corrected chi connectivity index (χ0v) is 17.3. The number of nitrogens with zero attached hydrogens (tertiary/aromatic N) is 4. The normalized spacial score (nSPS) is 22.0. The molecular weight excluding hydrogens is 386 g/mol. The van der Waals surface area contributed by atoms with Crippen LogP contribution in [0.25, 0.3) is 11.3 Å². The number of aromatic amines is 1. The van der Waals surface area contributed by atoms with E-state index in [0.717, 1.165) is 5.56 Å². The molecule has 2 atom stereocenters. The molecule has 1 N–H and O–H groups in total. The number of rotatable bonds is 3. The molecule has 9 nitrogen and oxygen atoms in total. The van der Waals surface area contributed by atoms with Gasteiger partial charge in [-0.3, -0.25) is 19.5 Å². The molecule has 9 heteroatoms. The summed E-state index contributed by atoms with van der Waals surface area (Å²) in [6, 6.07) is 8.84. The average Bonchev–Trinajstić information content (AvgIpc) is 3.24. The van der Waals surface area contributed by atoms with E-state index in [1.807, 2.05) is 24.3 Å². The van der Waals surface area contributed by atoms with Crippen molar-refractivity contribution in [1.82, 2.24) is 24.9 Å². The average molecular weight is 411 g/mol. The molecule has 4 rings (SSSR count). The number of carbonyl (C=O) groups is 3. The molecule has 2 aliphatic heterocycles. The minimum atomic E-state index is -0.326. The fraction of sp³-hybridized carbons (Fsp3) is 0.429. The molecule has 2 aromatic rings. The Hall–Kier alpha value is -3.36. The number of likely N-dealkylation sites (N-methyl/N-ethyl adjacent to an activating group) is 2. The standard InChI is InChI=1S/C21H25N5O4/c1-24-12-19(27)25(2)18-11-26(8-7-15(18)20(24)28)21(29)17-10-16(22-23-17)13-5-4-6-14(9-13)30-3/h4-6,9-10,15,18H,7-8,11-12H2,1-3H3,(H,22,23)/t15-,18+/m0/s1. The molecule has 0 unspecified atom stereocenters. The zero-order chi connectivity index (χ0) is 21.4. The third kappa shape index (κ3) is 3.51. The summed E-state index contributed by atoms with van der Waals surface area (Å²) in [7, 11) is 4.95. The second-order valence-electron chi connectivity index (χ2n) is 7.81. The largest absolute Gasteiger partial charge is 0.497 e. The first-order valence-electron chi connectivity index (χ1n) is 9.88. The molecule has 0 radical (unpaired) electrons. The highest BCUT2D eigenvalue weighted by Gasteiger charge is 2.43. The Labute approximate surface area is 174 Å². The van der Waals surface area contributed by atoms with E-state index in [1.165, 1.54) is 4.90 Å². The van der Waals surface area contributed by atoms with E-state index in [9.17, 15) is 14.4 Å². The highest BCUT2D eigenvalue weighted by Crippen LogP contribution is 2.28. The van der Waals surface area contributed by atoms with Crippen LogP contribution in [0, 0.1) is 5.92 Å². The predicted molar refractivity (Wildman–Crippen MR) is 109 cm³/mol. The number of likely N-dealkylation sites (tertiary alicyclic amines) is 1. The quantitative estimate of drug-likeness (QED) is 0.807. The smallest absolute Gasteiger partial charge is 0.271 e. The number of hydrogen-bond acceptors (Lipinski definition) is 5. The number of piperidine rings is 1. The van der Waals surface area contributed by atoms with Crippen molar-refractivity contribution in [3.8, 4) is 17.0 Å². The molecule has 0 spiro atoms. The topological polar surface area (TPSA) is 98.8 Å². The van der Waals surface area contributed by atoms with Gasteiger partial charge in [0.1, 0.15) is 11.4 Å². The number of H-pyrrole nitrogens is 1. The van der Waals surface area contributed by atoms with Gasteiger partial charge in [-0.2, -0.15) is 5.10 Å². The third-order valence-corrected chi connectivity index (χ3v) is 6.00. The van der Waals surface area contributed by atoms with Gasteiger partial charge < -0.3 is 19.4 Å². The Balaban J connectivity index is 1.53. The van der Waals surface area contributed by atoms with Crippen LogP contribution in [-0.4, -0.2) is 89.5 Å². The van der Waals surface area contributed by atoms with Gasteiger partial charge in [0.05, 0.1) is 31.3 Å². The summed E-state index contributed by atoms with van der Waals surface area (Å²) in [5, 5.41) is 7.09. The molecular formula is C21H25N5O4. The second-order valence-corrected chi connectivity index (χ2v) is 7.81. The maximum atomic E-state index is 13.1. The maximum absolute atomic E-state index is 13.1. The molecule has 30 heavy (non-hydrogen) atoms. The number of benzene rings is 1. The van der Waals surface area contributed by atoms with E-state index in [2.05, 4.69) is 10.2 Å². The first-order valence-corrected chi connectivity index (χ1v) is 9.88. The number of ether oxygens (including phenoxy) is 1. The summed E-state index contributed by atoms with van der Waals surface area (Å²) >= 11 is 0. The molecule has 2 fully saturated rings. The lowest BCUT2D eigenvalue weighted by atomic mass is 9.89. The Morgan fingerprint density at radius 1 is 1.23 bits per heavy atom. The highest BCUT2D eigenvalue weighted by atomic mass is 16.5. The number of carbonyl (C=O) groups excluding carboxylic acids is 3. The lowest BCUT2D eigenvalue weighted by molar-refractivity contribution is -0.136. The first-order chi connectivity index (χ1) is 14.4. The van der Waals surface area contributed by atoms with Gasteiger partial charge in [0, 0.05) is 32.7 Å². The Bertz CT molecular complexity index is 987. The van der Waals surface area contributed by atoms with Gasteiger partial charge in [0.15, 0.2) is 0 Å².